The number of alkyl halides is 1. The van der Waals surface area contributed by atoms with Gasteiger partial charge in [0.2, 0.25) is 0 Å². The number of rotatable bonds is 5. The van der Waals surface area contributed by atoms with Gasteiger partial charge in [0, 0.05) is 9.85 Å². The average Bonchev–Trinajstić information content (AvgIpc) is 2.18. The van der Waals surface area contributed by atoms with Gasteiger partial charge in [-0.05, 0) is 36.8 Å². The number of halogens is 2. The summed E-state index contributed by atoms with van der Waals surface area (Å²) in [6, 6.07) is 8.08. The molecule has 0 saturated heterocycles. The summed E-state index contributed by atoms with van der Waals surface area (Å²) in [5.41, 5.74) is 1.24. The van der Waals surface area contributed by atoms with Crippen molar-refractivity contribution in [3.63, 3.8) is 0 Å². The zero-order chi connectivity index (χ0) is 11.3. The lowest BCUT2D eigenvalue weighted by molar-refractivity contribution is 0.547. The molecular formula is C13H18BrCl. The first-order valence-corrected chi connectivity index (χ1v) is 6.76. The highest BCUT2D eigenvalue weighted by Gasteiger charge is 2.08. The Morgan fingerprint density at radius 3 is 2.47 bits per heavy atom. The van der Waals surface area contributed by atoms with Crippen LogP contribution in [0.15, 0.2) is 24.3 Å². The Hall–Kier alpha value is -0.0100. The number of benzene rings is 1. The van der Waals surface area contributed by atoms with E-state index in [1.165, 1.54) is 18.4 Å². The van der Waals surface area contributed by atoms with E-state index in [4.69, 9.17) is 11.6 Å². The first-order chi connectivity index (χ1) is 7.09. The number of hydrogen-bond donors (Lipinski definition) is 0. The van der Waals surface area contributed by atoms with Gasteiger partial charge in [-0.2, -0.15) is 0 Å². The van der Waals surface area contributed by atoms with E-state index >= 15 is 0 Å². The maximum atomic E-state index is 6.11. The second-order valence-electron chi connectivity index (χ2n) is 4.36. The second kappa shape index (κ2) is 6.55. The van der Waals surface area contributed by atoms with Gasteiger partial charge in [0.1, 0.15) is 0 Å². The van der Waals surface area contributed by atoms with Crippen molar-refractivity contribution < 1.29 is 0 Å². The van der Waals surface area contributed by atoms with E-state index in [1.807, 2.05) is 18.2 Å². The molecule has 0 bridgehead atoms. The molecule has 0 saturated carbocycles. The van der Waals surface area contributed by atoms with Crippen molar-refractivity contribution in [3.8, 4) is 0 Å². The third-order valence-electron chi connectivity index (χ3n) is 2.46. The summed E-state index contributed by atoms with van der Waals surface area (Å²) < 4.78 is 0. The van der Waals surface area contributed by atoms with Crippen LogP contribution in [0.4, 0.5) is 0 Å². The first kappa shape index (κ1) is 13.1. The van der Waals surface area contributed by atoms with E-state index in [-0.39, 0.29) is 0 Å². The molecule has 1 atom stereocenters. The normalized spacial score (nSPS) is 13.1. The van der Waals surface area contributed by atoms with Crippen LogP contribution in [0.25, 0.3) is 0 Å². The van der Waals surface area contributed by atoms with Gasteiger partial charge >= 0.3 is 0 Å². The Bertz CT molecular complexity index is 296. The summed E-state index contributed by atoms with van der Waals surface area (Å²) in [5, 5.41) is 0.881. The van der Waals surface area contributed by atoms with E-state index in [0.29, 0.717) is 4.83 Å². The van der Waals surface area contributed by atoms with Crippen LogP contribution in [-0.4, -0.2) is 4.83 Å². The van der Waals surface area contributed by atoms with E-state index in [9.17, 15) is 0 Å². The lowest BCUT2D eigenvalue weighted by Crippen LogP contribution is -2.04. The Morgan fingerprint density at radius 2 is 1.87 bits per heavy atom. The van der Waals surface area contributed by atoms with E-state index < -0.39 is 0 Å². The highest BCUT2D eigenvalue weighted by Crippen LogP contribution is 2.22. The topological polar surface area (TPSA) is 0 Å². The van der Waals surface area contributed by atoms with Crippen LogP contribution in [0.2, 0.25) is 5.02 Å². The van der Waals surface area contributed by atoms with E-state index in [0.717, 1.165) is 17.4 Å². The molecule has 1 rings (SSSR count). The lowest BCUT2D eigenvalue weighted by Gasteiger charge is -2.12. The molecule has 0 nitrogen and oxygen atoms in total. The molecule has 2 heteroatoms. The van der Waals surface area contributed by atoms with Crippen LogP contribution in [0, 0.1) is 5.92 Å². The van der Waals surface area contributed by atoms with E-state index in [1.54, 1.807) is 0 Å². The molecule has 0 aromatic heterocycles. The van der Waals surface area contributed by atoms with Crippen molar-refractivity contribution in [2.45, 2.75) is 37.9 Å². The average molecular weight is 290 g/mol. The molecule has 0 aliphatic heterocycles. The maximum Gasteiger partial charge on any atom is 0.0438 e. The molecule has 1 aromatic carbocycles. The molecule has 0 aliphatic rings. The summed E-state index contributed by atoms with van der Waals surface area (Å²) >= 11 is 9.83. The molecule has 0 amide bonds. The quantitative estimate of drug-likeness (QED) is 0.663. The van der Waals surface area contributed by atoms with Crippen molar-refractivity contribution in [1.82, 2.24) is 0 Å². The standard InChI is InChI=1S/C13H18BrCl/c1-10(2)7-8-12(14)9-11-5-3-4-6-13(11)15/h3-6,10,12H,7-9H2,1-2H3. The largest absolute Gasteiger partial charge is 0.0887 e. The van der Waals surface area contributed by atoms with Crippen LogP contribution in [0.5, 0.6) is 0 Å². The minimum absolute atomic E-state index is 0.541. The van der Waals surface area contributed by atoms with Crippen LogP contribution >= 0.6 is 27.5 Å². The van der Waals surface area contributed by atoms with Crippen molar-refractivity contribution in [1.29, 1.82) is 0 Å². The molecule has 0 heterocycles. The van der Waals surface area contributed by atoms with Gasteiger partial charge in [-0.15, -0.1) is 0 Å². The molecule has 0 aliphatic carbocycles. The predicted molar refractivity (Wildman–Crippen MR) is 71.9 cm³/mol. The van der Waals surface area contributed by atoms with Gasteiger partial charge in [0.05, 0.1) is 0 Å². The van der Waals surface area contributed by atoms with Crippen LogP contribution in [0.3, 0.4) is 0 Å². The summed E-state index contributed by atoms with van der Waals surface area (Å²) in [6.07, 6.45) is 3.50. The fraction of sp³-hybridized carbons (Fsp3) is 0.538. The third-order valence-corrected chi connectivity index (χ3v) is 3.61. The van der Waals surface area contributed by atoms with Crippen LogP contribution < -0.4 is 0 Å². The predicted octanol–water partition coefficient (Wildman–Crippen LogP) is 5.08. The van der Waals surface area contributed by atoms with Gasteiger partial charge in [-0.3, -0.25) is 0 Å². The van der Waals surface area contributed by atoms with Gasteiger partial charge in [-0.1, -0.05) is 59.6 Å². The van der Waals surface area contributed by atoms with Crippen molar-refractivity contribution in [3.05, 3.63) is 34.9 Å². The van der Waals surface area contributed by atoms with E-state index in [2.05, 4.69) is 35.8 Å². The molecule has 1 aromatic rings. The molecule has 0 N–H and O–H groups in total. The molecule has 15 heavy (non-hydrogen) atoms. The van der Waals surface area contributed by atoms with Crippen LogP contribution in [0.1, 0.15) is 32.3 Å². The van der Waals surface area contributed by atoms with Gasteiger partial charge in [-0.25, -0.2) is 0 Å². The second-order valence-corrected chi connectivity index (χ2v) is 6.07. The molecule has 0 spiro atoms. The highest BCUT2D eigenvalue weighted by atomic mass is 79.9. The first-order valence-electron chi connectivity index (χ1n) is 5.47. The SMILES string of the molecule is CC(C)CCC(Br)Cc1ccccc1Cl. The fourth-order valence-corrected chi connectivity index (χ4v) is 2.34. The third kappa shape index (κ3) is 5.03. The van der Waals surface area contributed by atoms with Crippen molar-refractivity contribution >= 4 is 27.5 Å². The molecule has 1 unspecified atom stereocenters. The summed E-state index contributed by atoms with van der Waals surface area (Å²) in [6.45, 7) is 4.52. The maximum absolute atomic E-state index is 6.11. The summed E-state index contributed by atoms with van der Waals surface area (Å²) in [4.78, 5) is 0.541. The van der Waals surface area contributed by atoms with Gasteiger partial charge < -0.3 is 0 Å². The Balaban J connectivity index is 2.44. The lowest BCUT2D eigenvalue weighted by atomic mass is 10.0. The summed E-state index contributed by atoms with van der Waals surface area (Å²) in [7, 11) is 0. The minimum Gasteiger partial charge on any atom is -0.0887 e. The zero-order valence-electron chi connectivity index (χ0n) is 9.34. The molecular weight excluding hydrogens is 271 g/mol. The minimum atomic E-state index is 0.541. The Labute approximate surface area is 106 Å². The molecule has 0 fully saturated rings. The Morgan fingerprint density at radius 1 is 1.20 bits per heavy atom. The fourth-order valence-electron chi connectivity index (χ4n) is 1.52. The molecule has 0 radical (unpaired) electrons. The van der Waals surface area contributed by atoms with Crippen LogP contribution in [-0.2, 0) is 6.42 Å². The monoisotopic (exact) mass is 288 g/mol. The van der Waals surface area contributed by atoms with Crippen molar-refractivity contribution in [2.75, 3.05) is 0 Å². The zero-order valence-corrected chi connectivity index (χ0v) is 11.7. The van der Waals surface area contributed by atoms with Gasteiger partial charge in [0.25, 0.3) is 0 Å². The highest BCUT2D eigenvalue weighted by molar-refractivity contribution is 9.09. The van der Waals surface area contributed by atoms with Crippen molar-refractivity contribution in [2.24, 2.45) is 5.92 Å². The number of hydrogen-bond acceptors (Lipinski definition) is 0. The van der Waals surface area contributed by atoms with Gasteiger partial charge in [0.15, 0.2) is 0 Å². The summed E-state index contributed by atoms with van der Waals surface area (Å²) in [5.74, 6) is 0.774. The smallest absolute Gasteiger partial charge is 0.0438 e. The Kier molecular flexibility index (Phi) is 5.70. The molecule has 84 valence electrons.